The summed E-state index contributed by atoms with van der Waals surface area (Å²) in [7, 11) is 0. The van der Waals surface area contributed by atoms with Gasteiger partial charge in [-0.25, -0.2) is 14.4 Å². The van der Waals surface area contributed by atoms with Gasteiger partial charge in [-0.05, 0) is 55.0 Å². The Balaban J connectivity index is 1.73. The van der Waals surface area contributed by atoms with Gasteiger partial charge in [0.15, 0.2) is 5.82 Å². The van der Waals surface area contributed by atoms with Gasteiger partial charge in [0, 0.05) is 56.4 Å². The minimum absolute atomic E-state index is 0.252. The molecule has 1 saturated carbocycles. The van der Waals surface area contributed by atoms with Crippen molar-refractivity contribution >= 4 is 5.69 Å². The fourth-order valence-electron chi connectivity index (χ4n) is 4.23. The maximum atomic E-state index is 15.3. The fourth-order valence-corrected chi connectivity index (χ4v) is 4.23. The van der Waals surface area contributed by atoms with Crippen LogP contribution in [-0.4, -0.2) is 41.1 Å². The van der Waals surface area contributed by atoms with Crippen molar-refractivity contribution in [2.45, 2.75) is 31.7 Å². The van der Waals surface area contributed by atoms with Crippen LogP contribution in [0.5, 0.6) is 0 Å². The zero-order chi connectivity index (χ0) is 22.2. The van der Waals surface area contributed by atoms with Gasteiger partial charge in [0.2, 0.25) is 0 Å². The van der Waals surface area contributed by atoms with Gasteiger partial charge in [0.05, 0.1) is 16.9 Å². The maximum absolute atomic E-state index is 15.3. The van der Waals surface area contributed by atoms with E-state index in [4.69, 9.17) is 12.1 Å². The van der Waals surface area contributed by atoms with E-state index in [1.165, 1.54) is 11.6 Å². The molecule has 1 atom stereocenters. The number of benzene rings is 1. The van der Waals surface area contributed by atoms with Crippen LogP contribution in [0.1, 0.15) is 42.9 Å². The Morgan fingerprint density at radius 3 is 2.58 bits per heavy atom. The van der Waals surface area contributed by atoms with Crippen molar-refractivity contribution < 1.29 is 5.80 Å². The molecular formula is C24H27FN6. The lowest BCUT2D eigenvalue weighted by molar-refractivity contribution is 0.587. The zero-order valence-electron chi connectivity index (χ0n) is 18.6. The lowest BCUT2D eigenvalue weighted by Gasteiger charge is -2.33. The number of rotatable bonds is 5. The molecule has 5 rings (SSSR count). The summed E-state index contributed by atoms with van der Waals surface area (Å²) in [5.74, 6) is 0.635. The molecule has 2 aliphatic rings. The SMILES string of the molecule is [2H]N1CCN(c2c(C3CC3)cnc(-c3ccc([C@@H](C)N)cc3F)c2-c2ncccn2)CC1. The molecule has 0 unspecified atom stereocenters. The van der Waals surface area contributed by atoms with E-state index in [-0.39, 0.29) is 11.9 Å². The molecule has 7 heteroatoms. The maximum Gasteiger partial charge on any atom is 0.163 e. The van der Waals surface area contributed by atoms with Crippen molar-refractivity contribution in [1.82, 2.24) is 20.3 Å². The first-order chi connectivity index (χ1) is 15.5. The van der Waals surface area contributed by atoms with E-state index in [1.54, 1.807) is 29.8 Å². The summed E-state index contributed by atoms with van der Waals surface area (Å²) < 4.78 is 23.3. The number of nitrogens with zero attached hydrogens (tertiary/aromatic N) is 4. The van der Waals surface area contributed by atoms with E-state index in [1.807, 2.05) is 19.2 Å². The molecule has 0 spiro atoms. The summed E-state index contributed by atoms with van der Waals surface area (Å²) in [5, 5.41) is 1.58. The highest BCUT2D eigenvalue weighted by Gasteiger charge is 2.33. The highest BCUT2D eigenvalue weighted by atomic mass is 19.1. The molecule has 3 N–H and O–H groups in total. The number of halogens is 1. The van der Waals surface area contributed by atoms with Crippen molar-refractivity contribution in [3.8, 4) is 22.6 Å². The van der Waals surface area contributed by atoms with Crippen molar-refractivity contribution in [3.05, 3.63) is 59.8 Å². The molecule has 2 fully saturated rings. The first kappa shape index (κ1) is 18.8. The number of hydrogen-bond donors (Lipinski definition) is 2. The van der Waals surface area contributed by atoms with Gasteiger partial charge in [-0.15, -0.1) is 0 Å². The van der Waals surface area contributed by atoms with Gasteiger partial charge in [-0.1, -0.05) is 6.07 Å². The predicted molar refractivity (Wildman–Crippen MR) is 120 cm³/mol. The lowest BCUT2D eigenvalue weighted by Crippen LogP contribution is -2.44. The van der Waals surface area contributed by atoms with Crippen molar-refractivity contribution in [3.63, 3.8) is 0 Å². The van der Waals surface area contributed by atoms with E-state index < -0.39 is 0 Å². The quantitative estimate of drug-likeness (QED) is 0.657. The molecule has 0 amide bonds. The topological polar surface area (TPSA) is 80.0 Å². The number of anilines is 1. The van der Waals surface area contributed by atoms with Crippen LogP contribution in [0.4, 0.5) is 10.1 Å². The fraction of sp³-hybridized carbons (Fsp3) is 0.375. The van der Waals surface area contributed by atoms with Crippen LogP contribution in [0.3, 0.4) is 0 Å². The standard InChI is InChI=1S/C24H27FN6/c1-15(26)17-5-6-18(20(25)13-17)22-21(24-28-7-2-8-29-24)23(31-11-9-27-10-12-31)19(14-30-22)16-3-4-16/h2,5-8,13-16,27H,3-4,9-12,26H2,1H3/t15-/m1/s1/i/hD. The number of pyridine rings is 1. The van der Waals surface area contributed by atoms with Gasteiger partial charge >= 0.3 is 0 Å². The molecule has 0 radical (unpaired) electrons. The number of nitrogens with two attached hydrogens (primary N) is 1. The Morgan fingerprint density at radius 1 is 1.19 bits per heavy atom. The lowest BCUT2D eigenvalue weighted by atomic mass is 9.96. The van der Waals surface area contributed by atoms with Crippen LogP contribution in [0, 0.1) is 5.82 Å². The molecule has 3 aromatic rings. The van der Waals surface area contributed by atoms with Crippen LogP contribution in [-0.2, 0) is 0 Å². The summed E-state index contributed by atoms with van der Waals surface area (Å²) >= 11 is 0. The number of hydrogen-bond acceptors (Lipinski definition) is 6. The minimum Gasteiger partial charge on any atom is -0.368 e. The highest BCUT2D eigenvalue weighted by molar-refractivity contribution is 5.90. The number of nitrogens with one attached hydrogen (secondary N) is 1. The van der Waals surface area contributed by atoms with Crippen LogP contribution in [0.15, 0.2) is 42.9 Å². The summed E-state index contributed by atoms with van der Waals surface area (Å²) in [4.78, 5) is 16.1. The van der Waals surface area contributed by atoms with E-state index in [2.05, 4.69) is 14.9 Å². The second-order valence-corrected chi connectivity index (χ2v) is 8.32. The largest absolute Gasteiger partial charge is 0.368 e. The number of piperazine rings is 1. The molecule has 31 heavy (non-hydrogen) atoms. The molecule has 0 bridgehead atoms. The predicted octanol–water partition coefficient (Wildman–Crippen LogP) is 3.65. The van der Waals surface area contributed by atoms with Crippen LogP contribution >= 0.6 is 0 Å². The second-order valence-electron chi connectivity index (χ2n) is 8.32. The van der Waals surface area contributed by atoms with E-state index >= 15 is 4.39 Å². The van der Waals surface area contributed by atoms with E-state index in [0.29, 0.717) is 36.1 Å². The summed E-state index contributed by atoms with van der Waals surface area (Å²) in [6.07, 6.45) is 7.56. The average molecular weight is 420 g/mol. The third-order valence-corrected chi connectivity index (χ3v) is 6.03. The van der Waals surface area contributed by atoms with Gasteiger partial charge in [-0.2, -0.15) is 0 Å². The molecule has 1 saturated heterocycles. The minimum atomic E-state index is -0.356. The molecular weight excluding hydrogens is 391 g/mol. The van der Waals surface area contributed by atoms with Crippen molar-refractivity contribution in [2.24, 2.45) is 5.73 Å². The van der Waals surface area contributed by atoms with Gasteiger partial charge in [0.1, 0.15) is 7.23 Å². The third-order valence-electron chi connectivity index (χ3n) is 6.03. The second kappa shape index (κ2) is 8.32. The van der Waals surface area contributed by atoms with Gasteiger partial charge in [-0.3, -0.25) is 4.98 Å². The highest BCUT2D eigenvalue weighted by Crippen LogP contribution is 2.49. The van der Waals surface area contributed by atoms with Crippen molar-refractivity contribution in [1.29, 1.82) is 0 Å². The molecule has 1 aliphatic carbocycles. The first-order valence-electron chi connectivity index (χ1n) is 11.3. The zero-order valence-corrected chi connectivity index (χ0v) is 17.6. The molecule has 160 valence electrons. The Hall–Kier alpha value is -2.90. The van der Waals surface area contributed by atoms with E-state index in [9.17, 15) is 0 Å². The number of aromatic nitrogens is 3. The van der Waals surface area contributed by atoms with E-state index in [0.717, 1.165) is 42.7 Å². The first-order valence-corrected chi connectivity index (χ1v) is 10.9. The third kappa shape index (κ3) is 3.91. The molecule has 2 aromatic heterocycles. The Morgan fingerprint density at radius 2 is 1.94 bits per heavy atom. The molecule has 6 nitrogen and oxygen atoms in total. The monoisotopic (exact) mass is 419 g/mol. The normalized spacial score (nSPS) is 18.7. The molecule has 1 aliphatic heterocycles. The van der Waals surface area contributed by atoms with Gasteiger partial charge in [0.25, 0.3) is 0 Å². The van der Waals surface area contributed by atoms with Crippen LogP contribution < -0.4 is 15.9 Å². The molecule has 3 heterocycles. The van der Waals surface area contributed by atoms with Gasteiger partial charge < -0.3 is 15.9 Å². The average Bonchev–Trinajstić information content (AvgIpc) is 3.65. The summed E-state index contributed by atoms with van der Waals surface area (Å²) in [6, 6.07) is 6.62. The summed E-state index contributed by atoms with van der Waals surface area (Å²) in [6.45, 7) is 4.57. The Kier molecular flexibility index (Phi) is 5.06. The molecule has 1 aromatic carbocycles. The Labute approximate surface area is 183 Å². The summed E-state index contributed by atoms with van der Waals surface area (Å²) in [5.41, 5.74) is 10.6. The van der Waals surface area contributed by atoms with Crippen LogP contribution in [0.2, 0.25) is 1.41 Å². The smallest absolute Gasteiger partial charge is 0.163 e. The Bertz CT molecular complexity index is 1110. The van der Waals surface area contributed by atoms with Crippen molar-refractivity contribution in [2.75, 3.05) is 31.1 Å². The van der Waals surface area contributed by atoms with Crippen LogP contribution in [0.25, 0.3) is 22.6 Å².